The summed E-state index contributed by atoms with van der Waals surface area (Å²) in [5.74, 6) is -0.595. The number of nitrogens with one attached hydrogen (secondary N) is 1. The molecule has 7 heteroatoms. The minimum Gasteiger partial charge on any atom is -0.395 e. The second-order valence-electron chi connectivity index (χ2n) is 4.28. The highest BCUT2D eigenvalue weighted by atomic mass is 32.2. The molecule has 2 atom stereocenters. The number of benzene rings is 1. The largest absolute Gasteiger partial charge is 0.395 e. The molecule has 1 aromatic rings. The van der Waals surface area contributed by atoms with Crippen LogP contribution in [0.15, 0.2) is 23.1 Å². The topological polar surface area (TPSA) is 66.4 Å². The van der Waals surface area contributed by atoms with Crippen LogP contribution < -0.4 is 4.72 Å². The van der Waals surface area contributed by atoms with Crippen LogP contribution in [0.1, 0.15) is 12.5 Å². The first-order valence-electron chi connectivity index (χ1n) is 5.74. The number of thioether (sulfide) groups is 1. The van der Waals surface area contributed by atoms with E-state index in [1.165, 1.54) is 23.9 Å². The lowest BCUT2D eigenvalue weighted by atomic mass is 10.2. The summed E-state index contributed by atoms with van der Waals surface area (Å²) in [4.78, 5) is -0.0721. The van der Waals surface area contributed by atoms with Crippen LogP contribution in [0.4, 0.5) is 4.39 Å². The number of aliphatic hydroxyl groups excluding tert-OH is 1. The maximum atomic E-state index is 13.2. The van der Waals surface area contributed by atoms with Gasteiger partial charge in [0.2, 0.25) is 10.0 Å². The Morgan fingerprint density at radius 2 is 2.11 bits per heavy atom. The Balaban J connectivity index is 3.01. The molecule has 19 heavy (non-hydrogen) atoms. The molecule has 1 rings (SSSR count). The molecule has 0 aliphatic rings. The summed E-state index contributed by atoms with van der Waals surface area (Å²) in [6.45, 7) is 3.15. The minimum atomic E-state index is -3.79. The zero-order valence-electron chi connectivity index (χ0n) is 11.1. The molecule has 0 aliphatic heterocycles. The van der Waals surface area contributed by atoms with Gasteiger partial charge in [-0.05, 0) is 37.8 Å². The Hall–Kier alpha value is -0.630. The molecule has 2 N–H and O–H groups in total. The van der Waals surface area contributed by atoms with Crippen LogP contribution in [0.25, 0.3) is 0 Å². The molecule has 0 aromatic heterocycles. The van der Waals surface area contributed by atoms with Crippen molar-refractivity contribution in [3.63, 3.8) is 0 Å². The molecular formula is C12H18FNO3S2. The summed E-state index contributed by atoms with van der Waals surface area (Å²) in [5.41, 5.74) is 0.478. The highest BCUT2D eigenvalue weighted by Gasteiger charge is 2.24. The van der Waals surface area contributed by atoms with E-state index in [0.29, 0.717) is 5.56 Å². The molecule has 0 radical (unpaired) electrons. The first-order chi connectivity index (χ1) is 8.81. The first kappa shape index (κ1) is 16.4. The molecule has 0 aliphatic carbocycles. The lowest BCUT2D eigenvalue weighted by Gasteiger charge is -2.21. The van der Waals surface area contributed by atoms with Gasteiger partial charge in [0.05, 0.1) is 11.5 Å². The highest BCUT2D eigenvalue weighted by Crippen LogP contribution is 2.18. The van der Waals surface area contributed by atoms with Gasteiger partial charge in [-0.25, -0.2) is 17.5 Å². The Bertz CT molecular complexity index is 530. The number of hydrogen-bond donors (Lipinski definition) is 2. The summed E-state index contributed by atoms with van der Waals surface area (Å²) in [7, 11) is -3.79. The van der Waals surface area contributed by atoms with Crippen molar-refractivity contribution in [1.82, 2.24) is 4.72 Å². The van der Waals surface area contributed by atoms with Crippen molar-refractivity contribution < 1.29 is 17.9 Å². The molecule has 0 fully saturated rings. The van der Waals surface area contributed by atoms with Gasteiger partial charge in [-0.3, -0.25) is 0 Å². The van der Waals surface area contributed by atoms with Gasteiger partial charge < -0.3 is 5.11 Å². The number of aliphatic hydroxyl groups is 1. The molecule has 0 amide bonds. The predicted octanol–water partition coefficient (Wildman–Crippen LogP) is 1.52. The Kier molecular flexibility index (Phi) is 5.79. The molecule has 0 spiro atoms. The van der Waals surface area contributed by atoms with Gasteiger partial charge in [0.25, 0.3) is 0 Å². The maximum absolute atomic E-state index is 13.2. The molecule has 4 nitrogen and oxygen atoms in total. The van der Waals surface area contributed by atoms with Crippen molar-refractivity contribution >= 4 is 21.8 Å². The van der Waals surface area contributed by atoms with Crippen molar-refractivity contribution in [3.8, 4) is 0 Å². The van der Waals surface area contributed by atoms with Gasteiger partial charge in [0.15, 0.2) is 0 Å². The monoisotopic (exact) mass is 307 g/mol. The zero-order chi connectivity index (χ0) is 14.6. The predicted molar refractivity (Wildman–Crippen MR) is 75.3 cm³/mol. The lowest BCUT2D eigenvalue weighted by molar-refractivity contribution is 0.282. The van der Waals surface area contributed by atoms with E-state index in [9.17, 15) is 12.8 Å². The number of sulfonamides is 1. The van der Waals surface area contributed by atoms with Crippen molar-refractivity contribution in [3.05, 3.63) is 29.6 Å². The summed E-state index contributed by atoms with van der Waals surface area (Å²) in [6.07, 6.45) is 1.79. The maximum Gasteiger partial charge on any atom is 0.241 e. The third-order valence-electron chi connectivity index (χ3n) is 2.82. The van der Waals surface area contributed by atoms with Crippen LogP contribution in [-0.2, 0) is 10.0 Å². The summed E-state index contributed by atoms with van der Waals surface area (Å²) in [6, 6.07) is 3.19. The third kappa shape index (κ3) is 4.17. The molecule has 0 saturated carbocycles. The van der Waals surface area contributed by atoms with E-state index in [-0.39, 0.29) is 16.8 Å². The van der Waals surface area contributed by atoms with Gasteiger partial charge in [0, 0.05) is 11.3 Å². The lowest BCUT2D eigenvalue weighted by Crippen LogP contribution is -2.41. The smallest absolute Gasteiger partial charge is 0.241 e. The van der Waals surface area contributed by atoms with Gasteiger partial charge >= 0.3 is 0 Å². The van der Waals surface area contributed by atoms with Crippen LogP contribution in [-0.4, -0.2) is 37.7 Å². The Morgan fingerprint density at radius 1 is 1.47 bits per heavy atom. The van der Waals surface area contributed by atoms with Crippen molar-refractivity contribution in [2.45, 2.75) is 30.0 Å². The van der Waals surface area contributed by atoms with Crippen LogP contribution in [0.2, 0.25) is 0 Å². The van der Waals surface area contributed by atoms with Gasteiger partial charge in [-0.15, -0.1) is 0 Å². The van der Waals surface area contributed by atoms with E-state index >= 15 is 0 Å². The fourth-order valence-corrected chi connectivity index (χ4v) is 3.94. The Morgan fingerprint density at radius 3 is 2.63 bits per heavy atom. The van der Waals surface area contributed by atoms with Gasteiger partial charge in [0.1, 0.15) is 5.82 Å². The highest BCUT2D eigenvalue weighted by molar-refractivity contribution is 7.99. The van der Waals surface area contributed by atoms with Crippen LogP contribution in [0.3, 0.4) is 0 Å². The van der Waals surface area contributed by atoms with E-state index in [2.05, 4.69) is 4.72 Å². The van der Waals surface area contributed by atoms with Gasteiger partial charge in [-0.1, -0.05) is 6.07 Å². The van der Waals surface area contributed by atoms with Crippen LogP contribution >= 0.6 is 11.8 Å². The van der Waals surface area contributed by atoms with Crippen LogP contribution in [0.5, 0.6) is 0 Å². The number of rotatable bonds is 6. The molecule has 2 unspecified atom stereocenters. The molecular weight excluding hydrogens is 289 g/mol. The summed E-state index contributed by atoms with van der Waals surface area (Å²) >= 11 is 1.37. The fraction of sp³-hybridized carbons (Fsp3) is 0.500. The molecule has 0 saturated heterocycles. The summed E-state index contributed by atoms with van der Waals surface area (Å²) < 4.78 is 40.0. The van der Waals surface area contributed by atoms with E-state index in [1.54, 1.807) is 20.1 Å². The van der Waals surface area contributed by atoms with E-state index < -0.39 is 21.9 Å². The molecule has 108 valence electrons. The van der Waals surface area contributed by atoms with E-state index in [0.717, 1.165) is 6.07 Å². The number of hydrogen-bond acceptors (Lipinski definition) is 4. The summed E-state index contributed by atoms with van der Waals surface area (Å²) in [5, 5.41) is 8.90. The second kappa shape index (κ2) is 6.69. The van der Waals surface area contributed by atoms with Gasteiger partial charge in [-0.2, -0.15) is 11.8 Å². The van der Waals surface area contributed by atoms with Crippen molar-refractivity contribution in [2.24, 2.45) is 0 Å². The molecule has 0 bridgehead atoms. The van der Waals surface area contributed by atoms with E-state index in [4.69, 9.17) is 5.11 Å². The van der Waals surface area contributed by atoms with Crippen molar-refractivity contribution in [2.75, 3.05) is 12.9 Å². The number of halogens is 1. The number of aryl methyl sites for hydroxylation is 1. The quantitative estimate of drug-likeness (QED) is 0.836. The fourth-order valence-electron chi connectivity index (χ4n) is 1.68. The minimum absolute atomic E-state index is 0.0721. The molecule has 0 heterocycles. The normalized spacial score (nSPS) is 15.2. The third-order valence-corrected chi connectivity index (χ3v) is 5.68. The van der Waals surface area contributed by atoms with Crippen molar-refractivity contribution in [1.29, 1.82) is 0 Å². The zero-order valence-corrected chi connectivity index (χ0v) is 12.7. The average molecular weight is 307 g/mol. The first-order valence-corrected chi connectivity index (χ1v) is 8.51. The average Bonchev–Trinajstić information content (AvgIpc) is 2.33. The SMILES string of the molecule is CSC(CO)C(C)NS(=O)(=O)c1cc(F)ccc1C. The van der Waals surface area contributed by atoms with E-state index in [1.807, 2.05) is 0 Å². The standard InChI is InChI=1S/C12H18FNO3S2/c1-8-4-5-10(13)6-12(8)19(16,17)14-9(2)11(7-15)18-3/h4-6,9,11,14-15H,7H2,1-3H3. The second-order valence-corrected chi connectivity index (χ2v) is 7.04. The Labute approximate surface area is 117 Å². The van der Waals surface area contributed by atoms with Crippen LogP contribution in [0, 0.1) is 12.7 Å². The molecule has 1 aromatic carbocycles.